The third kappa shape index (κ3) is 44.6. The van der Waals surface area contributed by atoms with Crippen molar-refractivity contribution in [3.05, 3.63) is 0 Å². The number of carbonyl (C=O) groups is 2. The van der Waals surface area contributed by atoms with Crippen LogP contribution in [0.4, 0.5) is 0 Å². The number of rotatable bonds is 40. The summed E-state index contributed by atoms with van der Waals surface area (Å²) in [4.78, 5) is 43.7. The van der Waals surface area contributed by atoms with Crippen molar-refractivity contribution in [2.75, 3.05) is 115 Å². The smallest absolute Gasteiger partial charge is 0.307 e. The van der Waals surface area contributed by atoms with Gasteiger partial charge < -0.3 is 19.7 Å². The van der Waals surface area contributed by atoms with Crippen LogP contribution in [0.15, 0.2) is 0 Å². The highest BCUT2D eigenvalue weighted by molar-refractivity contribution is 8.23. The molecule has 0 aliphatic heterocycles. The number of hydrogen-bond acceptors (Lipinski definition) is 21. The Kier molecular flexibility index (Phi) is 47.1. The Hall–Kier alpha value is 2.55. The third-order valence-electron chi connectivity index (χ3n) is 4.52. The molecule has 0 aromatic rings. The van der Waals surface area contributed by atoms with Crippen molar-refractivity contribution in [3.63, 3.8) is 0 Å². The van der Waals surface area contributed by atoms with Crippen LogP contribution in [0.25, 0.3) is 0 Å². The van der Waals surface area contributed by atoms with Crippen LogP contribution in [-0.4, -0.2) is 137 Å². The zero-order chi connectivity index (χ0) is 34.1. The Labute approximate surface area is 328 Å². The van der Waals surface area contributed by atoms with Crippen molar-refractivity contribution < 1.29 is 48.8 Å². The lowest BCUT2D eigenvalue weighted by Crippen LogP contribution is -2.08. The molecule has 0 radical (unpaired) electrons. The lowest BCUT2D eigenvalue weighted by Gasteiger charge is -2.06. The second kappa shape index (κ2) is 44.7. The first kappa shape index (κ1) is 49.6. The highest BCUT2D eigenvalue weighted by atomic mass is 32.2. The molecule has 0 saturated carbocycles. The minimum Gasteiger partial charge on any atom is -0.465 e. The van der Waals surface area contributed by atoms with Crippen LogP contribution in [-0.2, 0) is 38.6 Å². The lowest BCUT2D eigenvalue weighted by molar-refractivity contribution is -0.289. The molecule has 0 saturated heterocycles. The quantitative estimate of drug-likeness (QED) is 0.0212. The van der Waals surface area contributed by atoms with Crippen molar-refractivity contribution in [1.82, 2.24) is 0 Å². The van der Waals surface area contributed by atoms with Crippen molar-refractivity contribution >= 4 is 141 Å². The van der Waals surface area contributed by atoms with Gasteiger partial charge in [0.15, 0.2) is 0 Å². The molecule has 47 heavy (non-hydrogen) atoms. The van der Waals surface area contributed by atoms with E-state index in [9.17, 15) is 9.59 Å². The summed E-state index contributed by atoms with van der Waals surface area (Å²) in [5.74, 6) is 5.54. The SMILES string of the molecule is O=C(CCSCSCSCCCOOCSCO)OCCSCSCSCCOOCCCSCSCSCCC(=O)OCSCO. The van der Waals surface area contributed by atoms with Gasteiger partial charge in [0.25, 0.3) is 0 Å². The first-order chi connectivity index (χ1) is 23.2. The van der Waals surface area contributed by atoms with Crippen LogP contribution in [0.1, 0.15) is 25.7 Å². The highest BCUT2D eigenvalue weighted by Crippen LogP contribution is 2.21. The summed E-state index contributed by atoms with van der Waals surface area (Å²) < 4.78 is 10.3. The summed E-state index contributed by atoms with van der Waals surface area (Å²) in [5, 5.41) is 23.2. The normalized spacial score (nSPS) is 11.3. The van der Waals surface area contributed by atoms with Crippen molar-refractivity contribution in [3.8, 4) is 0 Å². The number of esters is 2. The minimum absolute atomic E-state index is 0.0356. The predicted molar refractivity (Wildman–Crippen MR) is 220 cm³/mol. The molecule has 0 aromatic carbocycles. The van der Waals surface area contributed by atoms with Crippen molar-refractivity contribution in [1.29, 1.82) is 0 Å². The molecular formula is C26H50O10S11. The molecule has 2 N–H and O–H groups in total. The van der Waals surface area contributed by atoms with Gasteiger partial charge >= 0.3 is 11.9 Å². The van der Waals surface area contributed by atoms with Crippen LogP contribution >= 0.6 is 129 Å². The molecular weight excluding hydrogens is 825 g/mol. The molecule has 10 nitrogen and oxygen atoms in total. The fourth-order valence-electron chi connectivity index (χ4n) is 2.44. The summed E-state index contributed by atoms with van der Waals surface area (Å²) in [6.07, 6.45) is 2.74. The Balaban J connectivity index is 3.16. The monoisotopic (exact) mass is 874 g/mol. The van der Waals surface area contributed by atoms with E-state index >= 15 is 0 Å². The van der Waals surface area contributed by atoms with Gasteiger partial charge in [0, 0.05) is 53.5 Å². The molecule has 0 aliphatic rings. The van der Waals surface area contributed by atoms with Gasteiger partial charge in [-0.2, -0.15) is 47.0 Å². The average Bonchev–Trinajstić information content (AvgIpc) is 3.07. The van der Waals surface area contributed by atoms with Crippen molar-refractivity contribution in [2.45, 2.75) is 25.7 Å². The molecule has 280 valence electrons. The van der Waals surface area contributed by atoms with E-state index in [4.69, 9.17) is 39.2 Å². The first-order valence-electron chi connectivity index (χ1n) is 14.6. The fraction of sp³-hybridized carbons (Fsp3) is 0.923. The van der Waals surface area contributed by atoms with Gasteiger partial charge in [-0.15, -0.1) is 70.6 Å². The number of aliphatic hydroxyl groups excluding tert-OH is 2. The molecule has 0 heterocycles. The zero-order valence-corrected chi connectivity index (χ0v) is 35.6. The Morgan fingerprint density at radius 3 is 1.38 bits per heavy atom. The van der Waals surface area contributed by atoms with E-state index in [0.717, 1.165) is 77.9 Å². The molecule has 0 amide bonds. The van der Waals surface area contributed by atoms with E-state index in [-0.39, 0.29) is 29.8 Å². The van der Waals surface area contributed by atoms with Gasteiger partial charge in [0.1, 0.15) is 18.5 Å². The molecule has 0 atom stereocenters. The van der Waals surface area contributed by atoms with E-state index in [1.165, 1.54) is 23.5 Å². The molecule has 0 rings (SSSR count). The topological polar surface area (TPSA) is 130 Å². The summed E-state index contributed by atoms with van der Waals surface area (Å²) in [6.45, 7) is 2.21. The van der Waals surface area contributed by atoms with Gasteiger partial charge in [-0.25, -0.2) is 19.6 Å². The van der Waals surface area contributed by atoms with E-state index < -0.39 is 0 Å². The molecule has 0 aromatic heterocycles. The maximum absolute atomic E-state index is 11.9. The maximum atomic E-state index is 11.9. The first-order valence-corrected chi connectivity index (χ1v) is 27.3. The summed E-state index contributed by atoms with van der Waals surface area (Å²) >= 11 is 18.9. The second-order valence-corrected chi connectivity index (χ2v) is 21.8. The number of ether oxygens (including phenoxy) is 2. The van der Waals surface area contributed by atoms with Crippen LogP contribution < -0.4 is 0 Å². The second-order valence-electron chi connectivity index (χ2n) is 8.20. The number of aliphatic hydroxyl groups is 2. The zero-order valence-electron chi connectivity index (χ0n) is 26.6. The van der Waals surface area contributed by atoms with Crippen molar-refractivity contribution in [2.24, 2.45) is 0 Å². The van der Waals surface area contributed by atoms with E-state index in [1.54, 1.807) is 35.3 Å². The molecule has 21 heteroatoms. The van der Waals surface area contributed by atoms with Gasteiger partial charge in [-0.3, -0.25) is 9.59 Å². The summed E-state index contributed by atoms with van der Waals surface area (Å²) in [5.41, 5.74) is 0. The van der Waals surface area contributed by atoms with Crippen LogP contribution in [0.5, 0.6) is 0 Å². The maximum Gasteiger partial charge on any atom is 0.307 e. The average molecular weight is 875 g/mol. The molecule has 0 fully saturated rings. The van der Waals surface area contributed by atoms with Gasteiger partial charge in [-0.05, 0) is 24.3 Å². The highest BCUT2D eigenvalue weighted by Gasteiger charge is 2.04. The largest absolute Gasteiger partial charge is 0.465 e. The summed E-state index contributed by atoms with van der Waals surface area (Å²) in [7, 11) is 0. The molecule has 0 aliphatic carbocycles. The van der Waals surface area contributed by atoms with Gasteiger partial charge in [-0.1, -0.05) is 11.8 Å². The number of carbonyl (C=O) groups excluding carboxylic acids is 2. The predicted octanol–water partition coefficient (Wildman–Crippen LogP) is 7.15. The fourth-order valence-corrected chi connectivity index (χ4v) is 12.9. The molecule has 0 bridgehead atoms. The van der Waals surface area contributed by atoms with Crippen LogP contribution in [0.2, 0.25) is 0 Å². The third-order valence-corrected chi connectivity index (χ3v) is 16.5. The van der Waals surface area contributed by atoms with Gasteiger partial charge in [0.05, 0.1) is 44.5 Å². The lowest BCUT2D eigenvalue weighted by atomic mass is 10.5. The van der Waals surface area contributed by atoms with Crippen LogP contribution in [0, 0.1) is 0 Å². The van der Waals surface area contributed by atoms with Crippen LogP contribution in [0.3, 0.4) is 0 Å². The standard InChI is InChI=1S/C26H50O10S11/c27-15-43-17-32-26(30)4-12-40-22-46-19-37-9-1-5-33-35-8-14-42-24-47-23-41-13-7-31-25(29)3-11-39-21-45-20-38-10-2-6-34-36-18-44-16-28/h27-28H,1-24H2. The van der Waals surface area contributed by atoms with E-state index in [2.05, 4.69) is 0 Å². The Morgan fingerprint density at radius 2 is 0.830 bits per heavy atom. The number of thioether (sulfide) groups is 11. The molecule has 0 spiro atoms. The van der Waals surface area contributed by atoms with E-state index in [0.29, 0.717) is 45.2 Å². The van der Waals surface area contributed by atoms with E-state index in [1.807, 2.05) is 70.6 Å². The Bertz CT molecular complexity index is 667. The minimum atomic E-state index is -0.211. The number of hydrogen-bond donors (Lipinski definition) is 2. The molecule has 0 unspecified atom stereocenters. The van der Waals surface area contributed by atoms with Gasteiger partial charge in [0.2, 0.25) is 0 Å². The Morgan fingerprint density at radius 1 is 0.404 bits per heavy atom. The summed E-state index contributed by atoms with van der Waals surface area (Å²) in [6, 6.07) is 0.